The van der Waals surface area contributed by atoms with Crippen LogP contribution in [-0.4, -0.2) is 31.2 Å². The molecule has 1 aromatic carbocycles. The lowest BCUT2D eigenvalue weighted by atomic mass is 10.1. The summed E-state index contributed by atoms with van der Waals surface area (Å²) in [4.78, 5) is 11.8. The van der Waals surface area contributed by atoms with Gasteiger partial charge in [-0.05, 0) is 31.2 Å². The number of rotatable bonds is 6. The molecule has 3 N–H and O–H groups in total. The SMILES string of the molecule is NC(CCc1ccccc1)C(=O)NCC1CCCO1. The van der Waals surface area contributed by atoms with Crippen molar-refractivity contribution in [3.8, 4) is 0 Å². The lowest BCUT2D eigenvalue weighted by Gasteiger charge is -2.15. The molecule has 104 valence electrons. The number of carbonyl (C=O) groups excluding carboxylic acids is 1. The van der Waals surface area contributed by atoms with Crippen LogP contribution in [0.15, 0.2) is 30.3 Å². The standard InChI is InChI=1S/C15H22N2O2/c16-14(9-8-12-5-2-1-3-6-12)15(18)17-11-13-7-4-10-19-13/h1-3,5-6,13-14H,4,7-11,16H2,(H,17,18). The minimum atomic E-state index is -0.443. The fourth-order valence-electron chi connectivity index (χ4n) is 2.25. The Bertz CT molecular complexity index is 388. The van der Waals surface area contributed by atoms with Crippen LogP contribution < -0.4 is 11.1 Å². The molecule has 19 heavy (non-hydrogen) atoms. The fraction of sp³-hybridized carbons (Fsp3) is 0.533. The van der Waals surface area contributed by atoms with Crippen molar-refractivity contribution in [3.63, 3.8) is 0 Å². The number of nitrogens with two attached hydrogens (primary N) is 1. The van der Waals surface area contributed by atoms with E-state index in [-0.39, 0.29) is 12.0 Å². The molecule has 1 amide bonds. The van der Waals surface area contributed by atoms with Gasteiger partial charge in [0.15, 0.2) is 0 Å². The first-order chi connectivity index (χ1) is 9.25. The molecule has 0 saturated carbocycles. The summed E-state index contributed by atoms with van der Waals surface area (Å²) in [5.74, 6) is -0.0774. The van der Waals surface area contributed by atoms with Gasteiger partial charge in [0, 0.05) is 13.2 Å². The lowest BCUT2D eigenvalue weighted by Crippen LogP contribution is -2.43. The van der Waals surface area contributed by atoms with E-state index in [0.29, 0.717) is 13.0 Å². The number of ether oxygens (including phenoxy) is 1. The molecule has 2 atom stereocenters. The molecule has 0 bridgehead atoms. The van der Waals surface area contributed by atoms with E-state index in [0.717, 1.165) is 25.9 Å². The smallest absolute Gasteiger partial charge is 0.237 e. The van der Waals surface area contributed by atoms with Gasteiger partial charge in [0.25, 0.3) is 0 Å². The second-order valence-electron chi connectivity index (χ2n) is 5.01. The van der Waals surface area contributed by atoms with E-state index in [1.165, 1.54) is 5.56 Å². The van der Waals surface area contributed by atoms with Gasteiger partial charge in [0.2, 0.25) is 5.91 Å². The van der Waals surface area contributed by atoms with Gasteiger partial charge in [0.1, 0.15) is 0 Å². The second-order valence-corrected chi connectivity index (χ2v) is 5.01. The highest BCUT2D eigenvalue weighted by Gasteiger charge is 2.18. The molecule has 1 aliphatic rings. The monoisotopic (exact) mass is 262 g/mol. The molecule has 4 nitrogen and oxygen atoms in total. The van der Waals surface area contributed by atoms with Gasteiger partial charge < -0.3 is 15.8 Å². The summed E-state index contributed by atoms with van der Waals surface area (Å²) < 4.78 is 5.46. The number of aryl methyl sites for hydroxylation is 1. The Hall–Kier alpha value is -1.39. The van der Waals surface area contributed by atoms with E-state index in [1.54, 1.807) is 0 Å². The zero-order valence-corrected chi connectivity index (χ0v) is 11.2. The van der Waals surface area contributed by atoms with Crippen LogP contribution in [0.25, 0.3) is 0 Å². The largest absolute Gasteiger partial charge is 0.376 e. The average Bonchev–Trinajstić information content (AvgIpc) is 2.96. The van der Waals surface area contributed by atoms with Crippen LogP contribution in [0.4, 0.5) is 0 Å². The fourth-order valence-corrected chi connectivity index (χ4v) is 2.25. The third-order valence-electron chi connectivity index (χ3n) is 3.45. The van der Waals surface area contributed by atoms with Gasteiger partial charge in [-0.3, -0.25) is 4.79 Å². The van der Waals surface area contributed by atoms with Crippen LogP contribution in [0.1, 0.15) is 24.8 Å². The van der Waals surface area contributed by atoms with E-state index in [9.17, 15) is 4.79 Å². The van der Waals surface area contributed by atoms with Crippen LogP contribution in [0.3, 0.4) is 0 Å². The molecule has 0 spiro atoms. The normalized spacial score (nSPS) is 20.2. The number of hydrogen-bond acceptors (Lipinski definition) is 3. The minimum Gasteiger partial charge on any atom is -0.376 e. The van der Waals surface area contributed by atoms with Crippen molar-refractivity contribution in [2.24, 2.45) is 5.73 Å². The third-order valence-corrected chi connectivity index (χ3v) is 3.45. The summed E-state index contributed by atoms with van der Waals surface area (Å²) >= 11 is 0. The Morgan fingerprint density at radius 2 is 2.21 bits per heavy atom. The lowest BCUT2D eigenvalue weighted by molar-refractivity contribution is -0.123. The highest BCUT2D eigenvalue weighted by Crippen LogP contribution is 2.10. The van der Waals surface area contributed by atoms with Crippen molar-refractivity contribution in [3.05, 3.63) is 35.9 Å². The van der Waals surface area contributed by atoms with Crippen LogP contribution >= 0.6 is 0 Å². The molecule has 1 aromatic rings. The first-order valence-electron chi connectivity index (χ1n) is 6.94. The Morgan fingerprint density at radius 1 is 1.42 bits per heavy atom. The van der Waals surface area contributed by atoms with Gasteiger partial charge in [-0.25, -0.2) is 0 Å². The summed E-state index contributed by atoms with van der Waals surface area (Å²) in [6.07, 6.45) is 3.78. The molecule has 2 unspecified atom stereocenters. The molecule has 1 aliphatic heterocycles. The number of nitrogens with one attached hydrogen (secondary N) is 1. The van der Waals surface area contributed by atoms with Gasteiger partial charge >= 0.3 is 0 Å². The van der Waals surface area contributed by atoms with Crippen molar-refractivity contribution in [2.45, 2.75) is 37.8 Å². The van der Waals surface area contributed by atoms with Crippen molar-refractivity contribution >= 4 is 5.91 Å². The Kier molecular flexibility index (Phi) is 5.36. The predicted molar refractivity (Wildman–Crippen MR) is 74.7 cm³/mol. The van der Waals surface area contributed by atoms with Gasteiger partial charge in [-0.15, -0.1) is 0 Å². The zero-order chi connectivity index (χ0) is 13.5. The maximum atomic E-state index is 11.8. The third kappa shape index (κ3) is 4.65. The maximum absolute atomic E-state index is 11.8. The zero-order valence-electron chi connectivity index (χ0n) is 11.2. The van der Waals surface area contributed by atoms with Crippen molar-refractivity contribution in [2.75, 3.05) is 13.2 Å². The number of hydrogen-bond donors (Lipinski definition) is 2. The average molecular weight is 262 g/mol. The molecule has 0 aromatic heterocycles. The van der Waals surface area contributed by atoms with Gasteiger partial charge in [-0.2, -0.15) is 0 Å². The molecule has 1 saturated heterocycles. The van der Waals surface area contributed by atoms with Gasteiger partial charge in [-0.1, -0.05) is 30.3 Å². The molecule has 1 fully saturated rings. The molecule has 2 rings (SSSR count). The number of amides is 1. The Balaban J connectivity index is 1.67. The van der Waals surface area contributed by atoms with Crippen molar-refractivity contribution in [1.82, 2.24) is 5.32 Å². The first-order valence-corrected chi connectivity index (χ1v) is 6.94. The Labute approximate surface area is 114 Å². The van der Waals surface area contributed by atoms with E-state index in [1.807, 2.05) is 18.2 Å². The first kappa shape index (κ1) is 14.0. The summed E-state index contributed by atoms with van der Waals surface area (Å²) in [6, 6.07) is 9.64. The summed E-state index contributed by atoms with van der Waals surface area (Å²) in [5, 5.41) is 2.87. The van der Waals surface area contributed by atoms with Crippen LogP contribution in [-0.2, 0) is 16.0 Å². The predicted octanol–water partition coefficient (Wildman–Crippen LogP) is 1.24. The molecule has 4 heteroatoms. The van der Waals surface area contributed by atoms with Crippen LogP contribution in [0, 0.1) is 0 Å². The minimum absolute atomic E-state index is 0.0774. The quantitative estimate of drug-likeness (QED) is 0.810. The van der Waals surface area contributed by atoms with Crippen LogP contribution in [0.2, 0.25) is 0 Å². The van der Waals surface area contributed by atoms with Crippen LogP contribution in [0.5, 0.6) is 0 Å². The number of benzene rings is 1. The molecule has 1 heterocycles. The molecule has 0 radical (unpaired) electrons. The van der Waals surface area contributed by atoms with Gasteiger partial charge in [0.05, 0.1) is 12.1 Å². The summed E-state index contributed by atoms with van der Waals surface area (Å²) in [5.41, 5.74) is 7.11. The molecular weight excluding hydrogens is 240 g/mol. The van der Waals surface area contributed by atoms with E-state index in [2.05, 4.69) is 17.4 Å². The summed E-state index contributed by atoms with van der Waals surface area (Å²) in [6.45, 7) is 1.39. The highest BCUT2D eigenvalue weighted by molar-refractivity contribution is 5.81. The molecule has 0 aliphatic carbocycles. The highest BCUT2D eigenvalue weighted by atomic mass is 16.5. The van der Waals surface area contributed by atoms with Crippen molar-refractivity contribution < 1.29 is 9.53 Å². The van der Waals surface area contributed by atoms with E-state index < -0.39 is 6.04 Å². The maximum Gasteiger partial charge on any atom is 0.237 e. The second kappa shape index (κ2) is 7.26. The van der Waals surface area contributed by atoms with E-state index in [4.69, 9.17) is 10.5 Å². The van der Waals surface area contributed by atoms with Crippen molar-refractivity contribution in [1.29, 1.82) is 0 Å². The number of carbonyl (C=O) groups is 1. The topological polar surface area (TPSA) is 64.4 Å². The Morgan fingerprint density at radius 3 is 2.89 bits per heavy atom. The summed E-state index contributed by atoms with van der Waals surface area (Å²) in [7, 11) is 0. The van der Waals surface area contributed by atoms with E-state index >= 15 is 0 Å². The molecular formula is C15H22N2O2.